The van der Waals surface area contributed by atoms with Crippen LogP contribution in [0.5, 0.6) is 0 Å². The molecule has 1 aliphatic rings. The Morgan fingerprint density at radius 3 is 2.50 bits per heavy atom. The number of likely N-dealkylation sites (tertiary alicyclic amines) is 1. The first kappa shape index (κ1) is 13.9. The maximum atomic E-state index is 13.4. The van der Waals surface area contributed by atoms with Crippen LogP contribution in [0.4, 0.5) is 4.39 Å². The highest BCUT2D eigenvalue weighted by Crippen LogP contribution is 2.16. The number of nitrogens with zero attached hydrogens (tertiary/aromatic N) is 1. The summed E-state index contributed by atoms with van der Waals surface area (Å²) in [4.78, 5) is 2.56. The smallest absolute Gasteiger partial charge is 0.127 e. The van der Waals surface area contributed by atoms with E-state index in [4.69, 9.17) is 0 Å². The highest BCUT2D eigenvalue weighted by molar-refractivity contribution is 7.98. The van der Waals surface area contributed by atoms with Gasteiger partial charge < -0.3 is 4.90 Å². The minimum absolute atomic E-state index is 0.0697. The molecule has 2 rings (SSSR count). The molecule has 0 unspecified atom stereocenters. The molecule has 1 heterocycles. The Balaban J connectivity index is 1.65. The van der Waals surface area contributed by atoms with Crippen LogP contribution in [0.25, 0.3) is 0 Å². The lowest BCUT2D eigenvalue weighted by atomic mass is 10.2. The normalized spacial score (nSPS) is 17.6. The molecular formula is C15H22FNS. The molecule has 1 aromatic carbocycles. The first-order valence-corrected chi connectivity index (χ1v) is 8.05. The van der Waals surface area contributed by atoms with Gasteiger partial charge in [0.1, 0.15) is 5.82 Å². The maximum Gasteiger partial charge on any atom is 0.127 e. The predicted octanol–water partition coefficient (Wildman–Crippen LogP) is 3.93. The summed E-state index contributed by atoms with van der Waals surface area (Å²) in [6, 6.07) is 7.09. The van der Waals surface area contributed by atoms with E-state index >= 15 is 0 Å². The average molecular weight is 267 g/mol. The molecule has 0 N–H and O–H groups in total. The van der Waals surface area contributed by atoms with Gasteiger partial charge in [-0.25, -0.2) is 4.39 Å². The molecule has 3 heteroatoms. The molecule has 0 bridgehead atoms. The van der Waals surface area contributed by atoms with Crippen molar-refractivity contribution in [1.82, 2.24) is 4.90 Å². The number of benzene rings is 1. The van der Waals surface area contributed by atoms with Gasteiger partial charge in [-0.2, -0.15) is 11.8 Å². The van der Waals surface area contributed by atoms with Gasteiger partial charge in [-0.15, -0.1) is 0 Å². The Hall–Kier alpha value is -0.540. The van der Waals surface area contributed by atoms with Crippen LogP contribution in [0.15, 0.2) is 24.3 Å². The van der Waals surface area contributed by atoms with Gasteiger partial charge in [0.15, 0.2) is 0 Å². The van der Waals surface area contributed by atoms with Crippen molar-refractivity contribution in [3.63, 3.8) is 0 Å². The van der Waals surface area contributed by atoms with Crippen LogP contribution in [-0.2, 0) is 5.75 Å². The van der Waals surface area contributed by atoms with Gasteiger partial charge in [-0.05, 0) is 37.6 Å². The van der Waals surface area contributed by atoms with E-state index < -0.39 is 0 Å². The van der Waals surface area contributed by atoms with Crippen LogP contribution in [0.2, 0.25) is 0 Å². The molecule has 0 spiro atoms. The van der Waals surface area contributed by atoms with Crippen LogP contribution in [-0.4, -0.2) is 30.3 Å². The first-order chi connectivity index (χ1) is 8.86. The molecule has 100 valence electrons. The minimum Gasteiger partial charge on any atom is -0.303 e. The molecule has 0 aliphatic carbocycles. The topological polar surface area (TPSA) is 3.24 Å². The molecule has 0 aromatic heterocycles. The maximum absolute atomic E-state index is 13.4. The van der Waals surface area contributed by atoms with E-state index in [2.05, 4.69) is 4.90 Å². The number of hydrogen-bond acceptors (Lipinski definition) is 2. The van der Waals surface area contributed by atoms with E-state index in [1.165, 1.54) is 38.8 Å². The SMILES string of the molecule is Fc1ccccc1CSCCN1CCCCCC1. The fourth-order valence-electron chi connectivity index (χ4n) is 2.35. The van der Waals surface area contributed by atoms with Gasteiger partial charge >= 0.3 is 0 Å². The molecule has 0 amide bonds. The molecule has 0 radical (unpaired) electrons. The van der Waals surface area contributed by atoms with Crippen molar-refractivity contribution in [3.05, 3.63) is 35.6 Å². The lowest BCUT2D eigenvalue weighted by Gasteiger charge is -2.19. The molecule has 0 saturated carbocycles. The highest BCUT2D eigenvalue weighted by Gasteiger charge is 2.08. The molecule has 18 heavy (non-hydrogen) atoms. The van der Waals surface area contributed by atoms with E-state index in [0.717, 1.165) is 23.6 Å². The Labute approximate surface area is 114 Å². The minimum atomic E-state index is -0.0697. The molecular weight excluding hydrogens is 245 g/mol. The average Bonchev–Trinajstić information content (AvgIpc) is 2.65. The van der Waals surface area contributed by atoms with Gasteiger partial charge in [0.25, 0.3) is 0 Å². The molecule has 1 nitrogen and oxygen atoms in total. The van der Waals surface area contributed by atoms with Crippen molar-refractivity contribution in [2.75, 3.05) is 25.4 Å². The highest BCUT2D eigenvalue weighted by atomic mass is 32.2. The van der Waals surface area contributed by atoms with Crippen molar-refractivity contribution >= 4 is 11.8 Å². The summed E-state index contributed by atoms with van der Waals surface area (Å²) in [7, 11) is 0. The molecule has 1 aliphatic heterocycles. The first-order valence-electron chi connectivity index (χ1n) is 6.90. The van der Waals surface area contributed by atoms with Gasteiger partial charge in [0.05, 0.1) is 0 Å². The number of rotatable bonds is 5. The fraction of sp³-hybridized carbons (Fsp3) is 0.600. The van der Waals surface area contributed by atoms with Crippen molar-refractivity contribution in [2.45, 2.75) is 31.4 Å². The molecule has 1 aromatic rings. The second-order valence-electron chi connectivity index (χ2n) is 4.90. The second-order valence-corrected chi connectivity index (χ2v) is 6.01. The van der Waals surface area contributed by atoms with Crippen LogP contribution in [0, 0.1) is 5.82 Å². The summed E-state index contributed by atoms with van der Waals surface area (Å²) in [6.07, 6.45) is 5.47. The van der Waals surface area contributed by atoms with Gasteiger partial charge in [0, 0.05) is 18.1 Å². The number of thioether (sulfide) groups is 1. The summed E-state index contributed by atoms with van der Waals surface area (Å²) in [5.74, 6) is 1.83. The zero-order valence-electron chi connectivity index (χ0n) is 10.9. The predicted molar refractivity (Wildman–Crippen MR) is 77.5 cm³/mol. The standard InChI is InChI=1S/C15H22FNS/c16-15-8-4-3-7-14(15)13-18-12-11-17-9-5-1-2-6-10-17/h3-4,7-8H,1-2,5-6,9-13H2. The lowest BCUT2D eigenvalue weighted by molar-refractivity contribution is 0.303. The molecule has 1 saturated heterocycles. The third-order valence-corrected chi connectivity index (χ3v) is 4.45. The monoisotopic (exact) mass is 267 g/mol. The molecule has 0 atom stereocenters. The van der Waals surface area contributed by atoms with E-state index in [0.29, 0.717) is 0 Å². The van der Waals surface area contributed by atoms with Crippen LogP contribution in [0.3, 0.4) is 0 Å². The van der Waals surface area contributed by atoms with E-state index in [1.54, 1.807) is 12.1 Å². The summed E-state index contributed by atoms with van der Waals surface area (Å²) in [5.41, 5.74) is 0.832. The third kappa shape index (κ3) is 4.62. The van der Waals surface area contributed by atoms with Crippen molar-refractivity contribution in [3.8, 4) is 0 Å². The Kier molecular flexibility index (Phi) is 6.01. The Morgan fingerprint density at radius 1 is 1.06 bits per heavy atom. The quantitative estimate of drug-likeness (QED) is 0.744. The van der Waals surface area contributed by atoms with Crippen molar-refractivity contribution < 1.29 is 4.39 Å². The lowest BCUT2D eigenvalue weighted by Crippen LogP contribution is -2.27. The Bertz CT molecular complexity index is 348. The van der Waals surface area contributed by atoms with E-state index in [1.807, 2.05) is 23.9 Å². The summed E-state index contributed by atoms with van der Waals surface area (Å²) >= 11 is 1.84. The number of hydrogen-bond donors (Lipinski definition) is 0. The Morgan fingerprint density at radius 2 is 1.78 bits per heavy atom. The number of halogens is 1. The second kappa shape index (κ2) is 7.80. The largest absolute Gasteiger partial charge is 0.303 e. The molecule has 1 fully saturated rings. The summed E-state index contributed by atoms with van der Waals surface area (Å²) in [5, 5.41) is 0. The van der Waals surface area contributed by atoms with E-state index in [9.17, 15) is 4.39 Å². The zero-order chi connectivity index (χ0) is 12.6. The third-order valence-electron chi connectivity index (χ3n) is 3.47. The van der Waals surface area contributed by atoms with Gasteiger partial charge in [-0.3, -0.25) is 0 Å². The van der Waals surface area contributed by atoms with Crippen molar-refractivity contribution in [2.24, 2.45) is 0 Å². The van der Waals surface area contributed by atoms with Crippen LogP contribution < -0.4 is 0 Å². The zero-order valence-corrected chi connectivity index (χ0v) is 11.7. The summed E-state index contributed by atoms with van der Waals surface area (Å²) in [6.45, 7) is 3.65. The van der Waals surface area contributed by atoms with Crippen LogP contribution >= 0.6 is 11.8 Å². The van der Waals surface area contributed by atoms with E-state index in [-0.39, 0.29) is 5.82 Å². The fourth-order valence-corrected chi connectivity index (χ4v) is 3.34. The summed E-state index contributed by atoms with van der Waals surface area (Å²) < 4.78 is 13.4. The van der Waals surface area contributed by atoms with Gasteiger partial charge in [-0.1, -0.05) is 31.0 Å². The van der Waals surface area contributed by atoms with Crippen molar-refractivity contribution in [1.29, 1.82) is 0 Å². The van der Waals surface area contributed by atoms with Gasteiger partial charge in [0.2, 0.25) is 0 Å². The van der Waals surface area contributed by atoms with Crippen LogP contribution in [0.1, 0.15) is 31.2 Å².